The molecule has 0 aromatic carbocycles. The molecule has 36 heavy (non-hydrogen) atoms. The second-order valence-corrected chi connectivity index (χ2v) is 13.0. The van der Waals surface area contributed by atoms with Gasteiger partial charge in [-0.3, -0.25) is 23.8 Å². The van der Waals surface area contributed by atoms with Gasteiger partial charge in [-0.25, -0.2) is 4.79 Å². The average molecular weight is 585 g/mol. The Labute approximate surface area is 218 Å². The molecular formula is C18H25N4O10PS3. The number of ether oxygens (including phenoxy) is 1. The zero-order chi connectivity index (χ0) is 26.3. The standard InChI is InChI=1S/C18H25N4O10PS3/c1-3-30-33(28,31-4-2)7-8-34-16-20-21-17(36-16)35-10-12(23)19-11-9-29-22(14(11)25)18(15(26)27)6-5-13(24)32-18/h11H,3-10H2,1-2H3,(H,19,23)(H,26,27)/t11-,18?/m0/s1. The Morgan fingerprint density at radius 3 is 2.50 bits per heavy atom. The number of carboxylic acids is 1. The number of rotatable bonds is 14. The highest BCUT2D eigenvalue weighted by molar-refractivity contribution is 8.03. The summed E-state index contributed by atoms with van der Waals surface area (Å²) in [7, 11) is -3.14. The first-order chi connectivity index (χ1) is 17.1. The minimum Gasteiger partial charge on any atom is -0.477 e. The van der Waals surface area contributed by atoms with Crippen molar-refractivity contribution in [3.8, 4) is 0 Å². The van der Waals surface area contributed by atoms with Crippen molar-refractivity contribution >= 4 is 66.2 Å². The topological polar surface area (TPSA) is 184 Å². The Hall–Kier alpha value is -1.75. The summed E-state index contributed by atoms with van der Waals surface area (Å²) in [5, 5.41) is 20.5. The van der Waals surface area contributed by atoms with Crippen molar-refractivity contribution in [2.45, 2.75) is 47.1 Å². The van der Waals surface area contributed by atoms with Crippen LogP contribution in [-0.2, 0) is 42.4 Å². The molecule has 0 bridgehead atoms. The first-order valence-electron chi connectivity index (χ1n) is 10.8. The van der Waals surface area contributed by atoms with Gasteiger partial charge in [0.15, 0.2) is 8.68 Å². The fourth-order valence-corrected chi connectivity index (χ4v) is 8.17. The number of carbonyl (C=O) groups is 4. The van der Waals surface area contributed by atoms with Crippen LogP contribution in [0.3, 0.4) is 0 Å². The molecule has 0 aliphatic carbocycles. The molecule has 2 aliphatic rings. The SMILES string of the molecule is CCOP(=O)(CCSc1nnc(SCC(=O)N[C@H]2CON(C3(C(=O)O)CCC(=O)O3)C2=O)s1)OCC. The van der Waals surface area contributed by atoms with E-state index in [9.17, 15) is 28.8 Å². The molecule has 3 rings (SSSR count). The van der Waals surface area contributed by atoms with Crippen LogP contribution in [0.1, 0.15) is 26.7 Å². The number of aliphatic carboxylic acids is 1. The summed E-state index contributed by atoms with van der Waals surface area (Å²) >= 11 is 3.70. The molecule has 2 atom stereocenters. The normalized spacial score (nSPS) is 22.2. The third-order valence-corrected chi connectivity index (χ3v) is 10.3. The number of carboxylic acid groups (broad SMARTS) is 1. The van der Waals surface area contributed by atoms with E-state index in [1.165, 1.54) is 23.1 Å². The van der Waals surface area contributed by atoms with Crippen LogP contribution in [0.5, 0.6) is 0 Å². The van der Waals surface area contributed by atoms with E-state index in [0.717, 1.165) is 11.8 Å². The van der Waals surface area contributed by atoms with E-state index in [0.29, 0.717) is 19.5 Å². The molecule has 2 amide bonds. The highest BCUT2D eigenvalue weighted by Gasteiger charge is 2.59. The van der Waals surface area contributed by atoms with Crippen molar-refractivity contribution < 1.29 is 47.5 Å². The molecule has 200 valence electrons. The largest absolute Gasteiger partial charge is 0.477 e. The van der Waals surface area contributed by atoms with E-state index < -0.39 is 43.1 Å². The van der Waals surface area contributed by atoms with Crippen LogP contribution in [0.4, 0.5) is 0 Å². The smallest absolute Gasteiger partial charge is 0.372 e. The molecule has 0 radical (unpaired) electrons. The first kappa shape index (κ1) is 28.8. The number of nitrogens with zero attached hydrogens (tertiary/aromatic N) is 3. The van der Waals surface area contributed by atoms with E-state index >= 15 is 0 Å². The van der Waals surface area contributed by atoms with E-state index in [-0.39, 0.29) is 44.6 Å². The van der Waals surface area contributed by atoms with E-state index in [1.54, 1.807) is 13.8 Å². The van der Waals surface area contributed by atoms with Crippen molar-refractivity contribution in [2.75, 3.05) is 37.5 Å². The van der Waals surface area contributed by atoms with Gasteiger partial charge in [-0.2, -0.15) is 5.06 Å². The molecule has 1 aromatic rings. The lowest BCUT2D eigenvalue weighted by Gasteiger charge is -2.30. The molecule has 3 heterocycles. The van der Waals surface area contributed by atoms with Gasteiger partial charge < -0.3 is 24.2 Å². The maximum absolute atomic E-state index is 12.6. The minimum atomic E-state index is -3.14. The molecule has 1 aromatic heterocycles. The van der Waals surface area contributed by atoms with Crippen molar-refractivity contribution in [2.24, 2.45) is 0 Å². The monoisotopic (exact) mass is 584 g/mol. The molecule has 18 heteroatoms. The van der Waals surface area contributed by atoms with Gasteiger partial charge in [-0.1, -0.05) is 34.9 Å². The number of carbonyl (C=O) groups excluding carboxylic acids is 3. The summed E-state index contributed by atoms with van der Waals surface area (Å²) in [6.07, 6.45) is -0.204. The molecule has 0 saturated carbocycles. The predicted octanol–water partition coefficient (Wildman–Crippen LogP) is 1.36. The predicted molar refractivity (Wildman–Crippen MR) is 128 cm³/mol. The van der Waals surface area contributed by atoms with Gasteiger partial charge in [0.05, 0.1) is 31.5 Å². The summed E-state index contributed by atoms with van der Waals surface area (Å²) in [5.74, 6) is -3.25. The quantitative estimate of drug-likeness (QED) is 0.181. The van der Waals surface area contributed by atoms with Crippen LogP contribution >= 0.6 is 42.5 Å². The molecule has 2 saturated heterocycles. The van der Waals surface area contributed by atoms with Crippen LogP contribution in [0.25, 0.3) is 0 Å². The molecule has 2 fully saturated rings. The molecule has 2 N–H and O–H groups in total. The van der Waals surface area contributed by atoms with Gasteiger partial charge in [0.1, 0.15) is 12.6 Å². The number of cyclic esters (lactones) is 1. The van der Waals surface area contributed by atoms with Gasteiger partial charge in [0, 0.05) is 12.2 Å². The fourth-order valence-electron chi connectivity index (χ4n) is 3.24. The number of thioether (sulfide) groups is 2. The summed E-state index contributed by atoms with van der Waals surface area (Å²) in [4.78, 5) is 53.3. The van der Waals surface area contributed by atoms with Crippen molar-refractivity contribution in [1.82, 2.24) is 20.6 Å². The average Bonchev–Trinajstić information content (AvgIpc) is 3.53. The van der Waals surface area contributed by atoms with Crippen LogP contribution < -0.4 is 5.32 Å². The third kappa shape index (κ3) is 6.96. The maximum Gasteiger partial charge on any atom is 0.372 e. The lowest BCUT2D eigenvalue weighted by Crippen LogP contribution is -2.56. The number of hydroxylamine groups is 2. The highest BCUT2D eigenvalue weighted by atomic mass is 32.2. The van der Waals surface area contributed by atoms with Gasteiger partial charge in [0.25, 0.3) is 5.91 Å². The molecule has 0 spiro atoms. The number of nitrogens with one attached hydrogen (secondary N) is 1. The summed E-state index contributed by atoms with van der Waals surface area (Å²) in [6.45, 7) is 3.76. The number of aromatic nitrogens is 2. The summed E-state index contributed by atoms with van der Waals surface area (Å²) in [5.41, 5.74) is -2.23. The zero-order valence-electron chi connectivity index (χ0n) is 19.4. The van der Waals surface area contributed by atoms with Crippen molar-refractivity contribution in [3.63, 3.8) is 0 Å². The van der Waals surface area contributed by atoms with Crippen molar-refractivity contribution in [1.29, 1.82) is 0 Å². The summed E-state index contributed by atoms with van der Waals surface area (Å²) < 4.78 is 29.0. The first-order valence-corrected chi connectivity index (χ1v) is 15.3. The Morgan fingerprint density at radius 2 is 1.92 bits per heavy atom. The van der Waals surface area contributed by atoms with Crippen molar-refractivity contribution in [3.05, 3.63) is 0 Å². The Morgan fingerprint density at radius 1 is 1.25 bits per heavy atom. The zero-order valence-corrected chi connectivity index (χ0v) is 22.7. The number of hydrogen-bond donors (Lipinski definition) is 2. The molecule has 14 nitrogen and oxygen atoms in total. The number of hydrogen-bond acceptors (Lipinski definition) is 14. The Balaban J connectivity index is 1.45. The van der Waals surface area contributed by atoms with E-state index in [4.69, 9.17) is 18.6 Å². The van der Waals surface area contributed by atoms with E-state index in [2.05, 4.69) is 15.5 Å². The second-order valence-electron chi connectivity index (χ2n) is 7.25. The van der Waals surface area contributed by atoms with Gasteiger partial charge in [-0.05, 0) is 13.8 Å². The van der Waals surface area contributed by atoms with Crippen LogP contribution in [-0.4, -0.2) is 93.4 Å². The fraction of sp³-hybridized carbons (Fsp3) is 0.667. The maximum atomic E-state index is 12.6. The Kier molecular flexibility index (Phi) is 10.1. The van der Waals surface area contributed by atoms with Crippen LogP contribution in [0.2, 0.25) is 0 Å². The number of amides is 2. The van der Waals surface area contributed by atoms with E-state index in [1.807, 2.05) is 0 Å². The Bertz CT molecular complexity index is 1030. The second kappa shape index (κ2) is 12.7. The highest BCUT2D eigenvalue weighted by Crippen LogP contribution is 2.48. The molecule has 1 unspecified atom stereocenters. The van der Waals surface area contributed by atoms with Gasteiger partial charge in [-0.15, -0.1) is 10.2 Å². The van der Waals surface area contributed by atoms with Gasteiger partial charge in [0.2, 0.25) is 5.91 Å². The van der Waals surface area contributed by atoms with Crippen LogP contribution in [0, 0.1) is 0 Å². The summed E-state index contributed by atoms with van der Waals surface area (Å²) in [6, 6.07) is -1.12. The lowest BCUT2D eigenvalue weighted by atomic mass is 10.1. The van der Waals surface area contributed by atoms with Gasteiger partial charge >= 0.3 is 25.3 Å². The third-order valence-electron chi connectivity index (χ3n) is 4.77. The van der Waals surface area contributed by atoms with Crippen LogP contribution in [0.15, 0.2) is 8.68 Å². The molecule has 2 aliphatic heterocycles. The number of esters is 1. The molecular weight excluding hydrogens is 559 g/mol. The lowest BCUT2D eigenvalue weighted by molar-refractivity contribution is -0.256. The minimum absolute atomic E-state index is 0.0774.